The smallest absolute Gasteiger partial charge is 0.326 e. The Morgan fingerprint density at radius 3 is 2.42 bits per heavy atom. The zero-order chi connectivity index (χ0) is 23.5. The number of amides is 1. The van der Waals surface area contributed by atoms with Gasteiger partial charge in [0.1, 0.15) is 12.0 Å². The topological polar surface area (TPSA) is 110 Å². The van der Waals surface area contributed by atoms with Crippen LogP contribution in [0.3, 0.4) is 0 Å². The Hall–Kier alpha value is -2.13. The molecule has 1 aromatic heterocycles. The molecule has 0 saturated carbocycles. The van der Waals surface area contributed by atoms with Gasteiger partial charge in [-0.05, 0) is 50.4 Å². The molecule has 0 aromatic carbocycles. The van der Waals surface area contributed by atoms with Crippen LogP contribution in [-0.2, 0) is 9.59 Å². The van der Waals surface area contributed by atoms with Gasteiger partial charge in [0.15, 0.2) is 11.6 Å². The van der Waals surface area contributed by atoms with Crippen molar-refractivity contribution in [2.75, 3.05) is 44.2 Å². The lowest BCUT2D eigenvalue weighted by Gasteiger charge is -2.36. The van der Waals surface area contributed by atoms with Gasteiger partial charge in [-0.3, -0.25) is 4.79 Å². The molecular formula is C24H38N4O5. The first-order valence-corrected chi connectivity index (χ1v) is 12.5. The van der Waals surface area contributed by atoms with Gasteiger partial charge in [0, 0.05) is 45.3 Å². The molecule has 9 heteroatoms. The SMILES string of the molecule is CC(C)C(C(=O)N1CCC[C@H]1C(=O)O)c1cc(N2CCC(CN3CCC(O)CC3)CC2)no1. The zero-order valence-corrected chi connectivity index (χ0v) is 19.9. The van der Waals surface area contributed by atoms with Crippen LogP contribution < -0.4 is 4.90 Å². The summed E-state index contributed by atoms with van der Waals surface area (Å²) in [6.45, 7) is 9.26. The van der Waals surface area contributed by atoms with Crippen LogP contribution in [0.25, 0.3) is 0 Å². The Morgan fingerprint density at radius 1 is 1.09 bits per heavy atom. The maximum Gasteiger partial charge on any atom is 0.326 e. The molecular weight excluding hydrogens is 424 g/mol. The third kappa shape index (κ3) is 5.51. The number of rotatable bonds is 7. The van der Waals surface area contributed by atoms with Crippen molar-refractivity contribution in [2.24, 2.45) is 11.8 Å². The number of aliphatic hydroxyl groups excluding tert-OH is 1. The van der Waals surface area contributed by atoms with E-state index in [0.717, 1.165) is 64.2 Å². The van der Waals surface area contributed by atoms with Crippen molar-refractivity contribution in [1.29, 1.82) is 0 Å². The summed E-state index contributed by atoms with van der Waals surface area (Å²) in [6, 6.07) is 1.13. The van der Waals surface area contributed by atoms with Gasteiger partial charge >= 0.3 is 5.97 Å². The third-order valence-electron chi connectivity index (χ3n) is 7.59. The van der Waals surface area contributed by atoms with Crippen LogP contribution >= 0.6 is 0 Å². The number of piperidine rings is 2. The van der Waals surface area contributed by atoms with Crippen molar-refractivity contribution in [3.63, 3.8) is 0 Å². The minimum Gasteiger partial charge on any atom is -0.480 e. The van der Waals surface area contributed by atoms with Crippen LogP contribution in [0.15, 0.2) is 10.6 Å². The van der Waals surface area contributed by atoms with Crippen LogP contribution in [0, 0.1) is 11.8 Å². The first-order chi connectivity index (χ1) is 15.8. The second-order valence-electron chi connectivity index (χ2n) is 10.3. The molecule has 3 aliphatic rings. The van der Waals surface area contributed by atoms with E-state index in [9.17, 15) is 19.8 Å². The minimum absolute atomic E-state index is 0.0258. The van der Waals surface area contributed by atoms with E-state index in [1.54, 1.807) is 0 Å². The summed E-state index contributed by atoms with van der Waals surface area (Å²) in [5, 5.41) is 23.5. The van der Waals surface area contributed by atoms with Crippen molar-refractivity contribution in [3.05, 3.63) is 11.8 Å². The van der Waals surface area contributed by atoms with E-state index in [-0.39, 0.29) is 17.9 Å². The summed E-state index contributed by atoms with van der Waals surface area (Å²) in [5.41, 5.74) is 0. The minimum atomic E-state index is -0.940. The van der Waals surface area contributed by atoms with Gasteiger partial charge in [0.05, 0.1) is 6.10 Å². The van der Waals surface area contributed by atoms with E-state index in [4.69, 9.17) is 4.52 Å². The van der Waals surface area contributed by atoms with E-state index in [2.05, 4.69) is 15.0 Å². The molecule has 1 amide bonds. The Kier molecular flexibility index (Phi) is 7.58. The molecule has 0 bridgehead atoms. The number of anilines is 1. The van der Waals surface area contributed by atoms with E-state index in [0.29, 0.717) is 31.1 Å². The molecule has 0 radical (unpaired) electrons. The molecule has 0 aliphatic carbocycles. The first kappa shape index (κ1) is 24.0. The van der Waals surface area contributed by atoms with Crippen molar-refractivity contribution in [2.45, 2.75) is 70.4 Å². The Morgan fingerprint density at radius 2 is 1.79 bits per heavy atom. The molecule has 3 saturated heterocycles. The molecule has 0 spiro atoms. The van der Waals surface area contributed by atoms with Crippen molar-refractivity contribution < 1.29 is 24.3 Å². The Labute approximate surface area is 195 Å². The summed E-state index contributed by atoms with van der Waals surface area (Å²) >= 11 is 0. The summed E-state index contributed by atoms with van der Waals surface area (Å²) in [6.07, 6.45) is 5.00. The Bertz CT molecular complexity index is 812. The van der Waals surface area contributed by atoms with Crippen LogP contribution in [0.2, 0.25) is 0 Å². The third-order valence-corrected chi connectivity index (χ3v) is 7.59. The van der Waals surface area contributed by atoms with Crippen molar-refractivity contribution >= 4 is 17.7 Å². The van der Waals surface area contributed by atoms with Crippen LogP contribution in [0.1, 0.15) is 64.1 Å². The van der Waals surface area contributed by atoms with Gasteiger partial charge in [0.25, 0.3) is 0 Å². The molecule has 33 heavy (non-hydrogen) atoms. The highest BCUT2D eigenvalue weighted by Crippen LogP contribution is 2.33. The largest absolute Gasteiger partial charge is 0.480 e. The average Bonchev–Trinajstić information content (AvgIpc) is 3.46. The number of carboxylic acids is 1. The second-order valence-corrected chi connectivity index (χ2v) is 10.3. The molecule has 184 valence electrons. The number of carboxylic acid groups (broad SMARTS) is 1. The fraction of sp³-hybridized carbons (Fsp3) is 0.792. The van der Waals surface area contributed by atoms with Crippen molar-refractivity contribution in [1.82, 2.24) is 15.0 Å². The second kappa shape index (κ2) is 10.4. The number of carbonyl (C=O) groups excluding carboxylic acids is 1. The summed E-state index contributed by atoms with van der Waals surface area (Å²) < 4.78 is 5.66. The quantitative estimate of drug-likeness (QED) is 0.634. The van der Waals surface area contributed by atoms with Gasteiger partial charge in [-0.25, -0.2) is 4.79 Å². The average molecular weight is 463 g/mol. The zero-order valence-electron chi connectivity index (χ0n) is 19.9. The number of nitrogens with zero attached hydrogens (tertiary/aromatic N) is 4. The summed E-state index contributed by atoms with van der Waals surface area (Å²) in [4.78, 5) is 31.1. The monoisotopic (exact) mass is 462 g/mol. The molecule has 3 fully saturated rings. The normalized spacial score (nSPS) is 24.5. The highest BCUT2D eigenvalue weighted by Gasteiger charge is 2.40. The molecule has 4 rings (SSSR count). The molecule has 2 atom stereocenters. The number of aromatic nitrogens is 1. The molecule has 3 aliphatic heterocycles. The van der Waals surface area contributed by atoms with Gasteiger partial charge < -0.3 is 29.4 Å². The number of hydrogen-bond donors (Lipinski definition) is 2. The lowest BCUT2D eigenvalue weighted by Crippen LogP contribution is -2.43. The van der Waals surface area contributed by atoms with Gasteiger partial charge in [0.2, 0.25) is 5.91 Å². The van der Waals surface area contributed by atoms with Crippen LogP contribution in [0.4, 0.5) is 5.82 Å². The van der Waals surface area contributed by atoms with Gasteiger partial charge in [-0.2, -0.15) is 0 Å². The van der Waals surface area contributed by atoms with Crippen LogP contribution in [0.5, 0.6) is 0 Å². The number of hydrogen-bond acceptors (Lipinski definition) is 7. The lowest BCUT2D eigenvalue weighted by molar-refractivity contribution is -0.149. The van der Waals surface area contributed by atoms with E-state index in [1.165, 1.54) is 4.90 Å². The fourth-order valence-electron chi connectivity index (χ4n) is 5.59. The van der Waals surface area contributed by atoms with Gasteiger partial charge in [-0.1, -0.05) is 19.0 Å². The molecule has 4 heterocycles. The maximum absolute atomic E-state index is 13.3. The predicted octanol–water partition coefficient (Wildman–Crippen LogP) is 2.16. The number of aliphatic hydroxyl groups is 1. The highest BCUT2D eigenvalue weighted by atomic mass is 16.5. The molecule has 1 unspecified atom stereocenters. The highest BCUT2D eigenvalue weighted by molar-refractivity contribution is 5.88. The van der Waals surface area contributed by atoms with E-state index in [1.807, 2.05) is 19.9 Å². The van der Waals surface area contributed by atoms with Crippen LogP contribution in [-0.4, -0.2) is 88.5 Å². The molecule has 1 aromatic rings. The Balaban J connectivity index is 1.35. The molecule has 2 N–H and O–H groups in total. The lowest BCUT2D eigenvalue weighted by atomic mass is 9.91. The van der Waals surface area contributed by atoms with E-state index < -0.39 is 17.9 Å². The van der Waals surface area contributed by atoms with Gasteiger partial charge in [-0.15, -0.1) is 0 Å². The predicted molar refractivity (Wildman–Crippen MR) is 123 cm³/mol. The first-order valence-electron chi connectivity index (χ1n) is 12.5. The number of likely N-dealkylation sites (tertiary alicyclic amines) is 2. The van der Waals surface area contributed by atoms with E-state index >= 15 is 0 Å². The standard InChI is InChI=1S/C24H38N4O5/c1-16(2)22(23(30)28-9-3-4-19(28)24(31)32)20-14-21(25-33-20)27-12-5-17(6-13-27)15-26-10-7-18(29)8-11-26/h14,16-19,22,29H,3-13,15H2,1-2H3,(H,31,32)/t19-,22?/m0/s1. The number of aliphatic carboxylic acids is 1. The maximum atomic E-state index is 13.3. The molecule has 9 nitrogen and oxygen atoms in total. The van der Waals surface area contributed by atoms with Crippen molar-refractivity contribution in [3.8, 4) is 0 Å². The fourth-order valence-corrected chi connectivity index (χ4v) is 5.59. The summed E-state index contributed by atoms with van der Waals surface area (Å²) in [5.74, 6) is 0.263. The number of carbonyl (C=O) groups is 2. The summed E-state index contributed by atoms with van der Waals surface area (Å²) in [7, 11) is 0.